The Bertz CT molecular complexity index is 504. The summed E-state index contributed by atoms with van der Waals surface area (Å²) in [5, 5.41) is 0. The lowest BCUT2D eigenvalue weighted by molar-refractivity contribution is -2.00. The van der Waals surface area contributed by atoms with Gasteiger partial charge in [-0.2, -0.15) is 0 Å². The maximum Gasteiger partial charge on any atom is 0.0780 e. The summed E-state index contributed by atoms with van der Waals surface area (Å²) < 4.78 is 36.2. The molecule has 0 saturated heterocycles. The molecule has 0 spiro atoms. The fourth-order valence-electron chi connectivity index (χ4n) is 5.56. The Labute approximate surface area is 302 Å². The van der Waals surface area contributed by atoms with E-state index in [4.69, 9.17) is 18.6 Å². The highest BCUT2D eigenvalue weighted by molar-refractivity contribution is 4.50. The van der Waals surface area contributed by atoms with E-state index in [1.807, 2.05) is 0 Å². The van der Waals surface area contributed by atoms with E-state index in [1.54, 1.807) is 0 Å². The highest BCUT2D eigenvalue weighted by atomic mass is 79.9. The van der Waals surface area contributed by atoms with Crippen molar-refractivity contribution in [1.29, 1.82) is 0 Å². The van der Waals surface area contributed by atoms with Crippen LogP contribution in [0.3, 0.4) is 0 Å². The number of halogens is 2. The van der Waals surface area contributed by atoms with Crippen LogP contribution in [0.25, 0.3) is 0 Å². The molecule has 0 atom stereocenters. The molecule has 0 bridgehead atoms. The number of unbranched alkanes of at least 4 members (excludes halogenated alkanes) is 26. The lowest BCUT2D eigenvalue weighted by atomic mass is 10.0. The average molecular weight is 748 g/mol. The minimum absolute atomic E-state index is 0. The van der Waals surface area contributed by atoms with Crippen LogP contribution in [0, 0.1) is 10.2 Å². The Morgan fingerprint density at radius 3 is 0.565 bits per heavy atom. The van der Waals surface area contributed by atoms with Crippen LogP contribution in [0.2, 0.25) is 0 Å². The summed E-state index contributed by atoms with van der Waals surface area (Å²) in [7, 11) is 8.82. The van der Waals surface area contributed by atoms with Gasteiger partial charge in [0.15, 0.2) is 0 Å². The third kappa shape index (κ3) is 70.8. The molecule has 0 aromatic carbocycles. The van der Waals surface area contributed by atoms with Crippen molar-refractivity contribution in [2.75, 3.05) is 55.4 Å². The number of hydrogen-bond donors (Lipinski definition) is 0. The number of nitrogens with zero attached hydrogens (tertiary/aromatic N) is 2. The Hall–Kier alpha value is 0.530. The van der Waals surface area contributed by atoms with Crippen molar-refractivity contribution < 1.29 is 54.8 Å². The monoisotopic (exact) mass is 747 g/mol. The van der Waals surface area contributed by atoms with Crippen LogP contribution in [-0.2, 0) is 0 Å². The van der Waals surface area contributed by atoms with Crippen LogP contribution in [0.15, 0.2) is 0 Å². The second-order valence-electron chi connectivity index (χ2n) is 15.6. The van der Waals surface area contributed by atoms with Crippen LogP contribution >= 0.6 is 0 Å². The van der Waals surface area contributed by atoms with Gasteiger partial charge in [0.2, 0.25) is 0 Å². The lowest BCUT2D eigenvalue weighted by Gasteiger charge is -2.23. The van der Waals surface area contributed by atoms with Gasteiger partial charge in [0.25, 0.3) is 0 Å². The summed E-state index contributed by atoms with van der Waals surface area (Å²) in [6.45, 7) is 7.25. The first kappa shape index (κ1) is 53.3. The molecule has 0 rings (SSSR count). The second kappa shape index (κ2) is 38.3. The summed E-state index contributed by atoms with van der Waals surface area (Å²) in [6, 6.07) is 0. The van der Waals surface area contributed by atoms with Crippen LogP contribution in [-0.4, -0.2) is 64.3 Å². The van der Waals surface area contributed by atoms with Crippen LogP contribution < -0.4 is 35.6 Å². The van der Waals surface area contributed by atoms with Crippen LogP contribution in [0.5, 0.6) is 0 Å². The minimum atomic E-state index is -4.94. The van der Waals surface area contributed by atoms with Gasteiger partial charge in [0.05, 0.1) is 55.4 Å². The molecular weight excluding hydrogens is 664 g/mol. The van der Waals surface area contributed by atoms with Crippen molar-refractivity contribution in [1.82, 2.24) is 0 Å². The first-order valence-electron chi connectivity index (χ1n) is 19.3. The molecule has 0 N–H and O–H groups in total. The van der Waals surface area contributed by atoms with Crippen molar-refractivity contribution in [3.05, 3.63) is 0 Å². The molecule has 6 nitrogen and oxygen atoms in total. The van der Waals surface area contributed by atoms with Crippen LogP contribution in [0.4, 0.5) is 0 Å². The average Bonchev–Trinajstić information content (AvgIpc) is 2.92. The summed E-state index contributed by atoms with van der Waals surface area (Å²) >= 11 is 0. The Morgan fingerprint density at radius 1 is 0.304 bits per heavy atom. The zero-order valence-electron chi connectivity index (χ0n) is 32.5. The fourth-order valence-corrected chi connectivity index (χ4v) is 5.56. The van der Waals surface area contributed by atoms with Gasteiger partial charge in [-0.3, -0.25) is 0 Å². The Balaban J connectivity index is -0.000000327. The molecule has 8 heteroatoms. The molecule has 0 aliphatic heterocycles. The SMILES string of the molecule is CCCCCCCCCCCCCCCC[N+](C)(C)C.CCCCCCCCCCCCCCCC[N+](C)(C)C.[Br-].[O-][Cl+3]([O-])([O-])[O-]. The van der Waals surface area contributed by atoms with Gasteiger partial charge in [-0.05, 0) is 25.7 Å². The summed E-state index contributed by atoms with van der Waals surface area (Å²) in [5.74, 6) is 0. The van der Waals surface area contributed by atoms with Crippen molar-refractivity contribution >= 4 is 0 Å². The number of quaternary nitrogens is 2. The van der Waals surface area contributed by atoms with Crippen molar-refractivity contribution in [3.63, 3.8) is 0 Å². The first-order chi connectivity index (χ1) is 21.1. The molecule has 0 heterocycles. The minimum Gasteiger partial charge on any atom is -1.00 e. The second-order valence-corrected chi connectivity index (χ2v) is 16.4. The van der Waals surface area contributed by atoms with E-state index in [0.29, 0.717) is 0 Å². The van der Waals surface area contributed by atoms with E-state index >= 15 is 0 Å². The van der Waals surface area contributed by atoms with Gasteiger partial charge in [-0.1, -0.05) is 168 Å². The van der Waals surface area contributed by atoms with E-state index in [9.17, 15) is 0 Å². The highest BCUT2D eigenvalue weighted by Crippen LogP contribution is 2.14. The largest absolute Gasteiger partial charge is 1.00 e. The van der Waals surface area contributed by atoms with E-state index in [-0.39, 0.29) is 17.0 Å². The zero-order chi connectivity index (χ0) is 34.7. The predicted molar refractivity (Wildman–Crippen MR) is 186 cm³/mol. The van der Waals surface area contributed by atoms with Crippen molar-refractivity contribution in [2.24, 2.45) is 0 Å². The van der Waals surface area contributed by atoms with Gasteiger partial charge in [-0.15, -0.1) is 10.2 Å². The van der Waals surface area contributed by atoms with E-state index in [0.717, 1.165) is 8.97 Å². The highest BCUT2D eigenvalue weighted by Gasteiger charge is 2.06. The number of hydrogen-bond acceptors (Lipinski definition) is 4. The Morgan fingerprint density at radius 2 is 0.435 bits per heavy atom. The molecule has 0 fully saturated rings. The molecule has 284 valence electrons. The van der Waals surface area contributed by atoms with E-state index < -0.39 is 10.2 Å². The molecule has 46 heavy (non-hydrogen) atoms. The summed E-state index contributed by atoms with van der Waals surface area (Å²) in [5.41, 5.74) is 0. The molecular formula is C38H84BrClN2O4. The third-order valence-corrected chi connectivity index (χ3v) is 8.36. The van der Waals surface area contributed by atoms with Gasteiger partial charge in [0.1, 0.15) is 0 Å². The molecule has 0 amide bonds. The molecule has 0 aromatic heterocycles. The summed E-state index contributed by atoms with van der Waals surface area (Å²) in [6.07, 6.45) is 40.7. The third-order valence-electron chi connectivity index (χ3n) is 8.36. The van der Waals surface area contributed by atoms with Gasteiger partial charge in [0, 0.05) is 0 Å². The smallest absolute Gasteiger partial charge is 0.0780 e. The van der Waals surface area contributed by atoms with Gasteiger partial charge >= 0.3 is 0 Å². The topological polar surface area (TPSA) is 92.2 Å². The molecule has 0 aliphatic rings. The molecule has 0 aliphatic carbocycles. The van der Waals surface area contributed by atoms with Gasteiger partial charge < -0.3 is 25.9 Å². The molecule has 0 saturated carbocycles. The predicted octanol–water partition coefficient (Wildman–Crippen LogP) is 4.60. The normalized spacial score (nSPS) is 11.7. The fraction of sp³-hybridized carbons (Fsp3) is 1.00. The number of rotatable bonds is 30. The standard InChI is InChI=1S/2C19H42N.BrH.ClHO4/c2*1-5-6-7-8-9-10-11-12-13-14-15-16-17-18-19-20(2,3)4;;2-1(3,4)5/h2*5-19H2,1-4H3;1H;(H,2,3,4,5)/q2*+1;;/p-2. The quantitative estimate of drug-likeness (QED) is 0.0795. The van der Waals surface area contributed by atoms with E-state index in [2.05, 4.69) is 56.1 Å². The molecule has 0 unspecified atom stereocenters. The van der Waals surface area contributed by atoms with Crippen LogP contribution in [0.1, 0.15) is 194 Å². The molecule has 0 radical (unpaired) electrons. The first-order valence-corrected chi connectivity index (χ1v) is 20.6. The van der Waals surface area contributed by atoms with Gasteiger partial charge in [-0.25, -0.2) is 18.6 Å². The van der Waals surface area contributed by atoms with Crippen molar-refractivity contribution in [2.45, 2.75) is 194 Å². The molecule has 0 aromatic rings. The Kier molecular flexibility index (Phi) is 44.4. The maximum atomic E-state index is 8.49. The maximum absolute atomic E-state index is 8.49. The lowest BCUT2D eigenvalue weighted by Crippen LogP contribution is -3.00. The summed E-state index contributed by atoms with van der Waals surface area (Å²) in [4.78, 5) is 0. The van der Waals surface area contributed by atoms with E-state index in [1.165, 1.54) is 193 Å². The zero-order valence-corrected chi connectivity index (χ0v) is 34.8. The van der Waals surface area contributed by atoms with Crippen molar-refractivity contribution in [3.8, 4) is 0 Å².